The minimum Gasteiger partial charge on any atom is -0.196 e. The predicted molar refractivity (Wildman–Crippen MR) is 46.6 cm³/mol. The minimum atomic E-state index is -5.48. The molecule has 0 aromatic rings. The third-order valence-electron chi connectivity index (χ3n) is 2.27. The zero-order chi connectivity index (χ0) is 11.5. The van der Waals surface area contributed by atoms with Crippen LogP contribution in [-0.4, -0.2) is 12.1 Å². The van der Waals surface area contributed by atoms with Crippen molar-refractivity contribution in [3.05, 3.63) is 24.3 Å². The summed E-state index contributed by atoms with van der Waals surface area (Å²) < 4.78 is 62.0. The molecule has 0 spiro atoms. The molecule has 0 heterocycles. The molecule has 1 aliphatic carbocycles. The number of rotatable bonds is 1. The van der Waals surface area contributed by atoms with Crippen LogP contribution >= 0.6 is 0 Å². The van der Waals surface area contributed by atoms with Gasteiger partial charge in [0.1, 0.15) is 0 Å². The molecule has 0 aromatic heterocycles. The van der Waals surface area contributed by atoms with Crippen molar-refractivity contribution in [2.45, 2.75) is 31.4 Å². The Bertz CT molecular complexity index is 261. The highest BCUT2D eigenvalue weighted by molar-refractivity contribution is 5.04. The molecule has 0 saturated carbocycles. The summed E-state index contributed by atoms with van der Waals surface area (Å²) in [4.78, 5) is 0. The maximum Gasteiger partial charge on any atom is 0.453 e. The molecule has 1 aliphatic rings. The molecular weight excluding hydrogens is 215 g/mol. The lowest BCUT2D eigenvalue weighted by Crippen LogP contribution is -2.42. The lowest BCUT2D eigenvalue weighted by Gasteiger charge is -2.26. The molecule has 0 nitrogen and oxygen atoms in total. The summed E-state index contributed by atoms with van der Waals surface area (Å²) in [5.41, 5.74) is 0. The molecule has 15 heavy (non-hydrogen) atoms. The monoisotopic (exact) mass is 226 g/mol. The summed E-state index contributed by atoms with van der Waals surface area (Å²) in [7, 11) is 0. The van der Waals surface area contributed by atoms with Gasteiger partial charge in [-0.25, -0.2) is 0 Å². The molecule has 86 valence electrons. The fraction of sp³-hybridized carbons (Fsp3) is 0.600. The Hall–Kier alpha value is -0.870. The lowest BCUT2D eigenvalue weighted by atomic mass is 9.94. The van der Waals surface area contributed by atoms with Gasteiger partial charge in [0.25, 0.3) is 0 Å². The molecule has 0 N–H and O–H groups in total. The molecule has 0 amide bonds. The first-order valence-corrected chi connectivity index (χ1v) is 4.62. The van der Waals surface area contributed by atoms with E-state index < -0.39 is 18.0 Å². The van der Waals surface area contributed by atoms with Gasteiger partial charge in [-0.1, -0.05) is 24.3 Å². The van der Waals surface area contributed by atoms with Crippen molar-refractivity contribution < 1.29 is 22.0 Å². The molecule has 1 unspecified atom stereocenters. The Morgan fingerprint density at radius 1 is 0.867 bits per heavy atom. The van der Waals surface area contributed by atoms with E-state index in [9.17, 15) is 22.0 Å². The topological polar surface area (TPSA) is 0 Å². The second-order valence-electron chi connectivity index (χ2n) is 3.44. The van der Waals surface area contributed by atoms with Crippen LogP contribution in [0.1, 0.15) is 19.3 Å². The summed E-state index contributed by atoms with van der Waals surface area (Å²) in [6.07, 6.45) is 0.793. The van der Waals surface area contributed by atoms with Crippen molar-refractivity contribution in [1.29, 1.82) is 0 Å². The maximum atomic E-state index is 12.9. The predicted octanol–water partition coefficient (Wildman–Crippen LogP) is 4.10. The van der Waals surface area contributed by atoms with Gasteiger partial charge in [-0.2, -0.15) is 22.0 Å². The highest BCUT2D eigenvalue weighted by Gasteiger charge is 2.60. The number of allylic oxidation sites excluding steroid dienone is 4. The van der Waals surface area contributed by atoms with E-state index in [-0.39, 0.29) is 6.42 Å². The van der Waals surface area contributed by atoms with Crippen LogP contribution in [0.25, 0.3) is 0 Å². The summed E-state index contributed by atoms with van der Waals surface area (Å²) in [5, 5.41) is 0. The Balaban J connectivity index is 2.84. The molecule has 0 radical (unpaired) electrons. The molecule has 0 bridgehead atoms. The average Bonchev–Trinajstić information content (AvgIpc) is 1.99. The van der Waals surface area contributed by atoms with Gasteiger partial charge in [0.2, 0.25) is 0 Å². The molecular formula is C10H11F5. The SMILES string of the molecule is FC(F)(F)C(F)(F)C1C=CCCC=CC1. The molecule has 0 fully saturated rings. The van der Waals surface area contributed by atoms with Gasteiger partial charge in [0.05, 0.1) is 5.92 Å². The normalized spacial score (nSPS) is 23.7. The van der Waals surface area contributed by atoms with Gasteiger partial charge in [-0.05, 0) is 19.3 Å². The first-order chi connectivity index (χ1) is 6.86. The van der Waals surface area contributed by atoms with Gasteiger partial charge in [-0.3, -0.25) is 0 Å². The van der Waals surface area contributed by atoms with Crippen molar-refractivity contribution in [3.63, 3.8) is 0 Å². The molecule has 0 aliphatic heterocycles. The highest BCUT2D eigenvalue weighted by Crippen LogP contribution is 2.43. The van der Waals surface area contributed by atoms with Crippen LogP contribution in [0.2, 0.25) is 0 Å². The summed E-state index contributed by atoms with van der Waals surface area (Å²) >= 11 is 0. The van der Waals surface area contributed by atoms with Crippen LogP contribution in [0.3, 0.4) is 0 Å². The summed E-state index contributed by atoms with van der Waals surface area (Å²) in [6, 6.07) is 0. The molecule has 5 heteroatoms. The van der Waals surface area contributed by atoms with Crippen LogP contribution in [0.15, 0.2) is 24.3 Å². The van der Waals surface area contributed by atoms with Gasteiger partial charge in [0, 0.05) is 0 Å². The Morgan fingerprint density at radius 3 is 2.07 bits per heavy atom. The van der Waals surface area contributed by atoms with E-state index in [2.05, 4.69) is 0 Å². The van der Waals surface area contributed by atoms with Crippen molar-refractivity contribution in [2.24, 2.45) is 5.92 Å². The lowest BCUT2D eigenvalue weighted by molar-refractivity contribution is -0.296. The number of alkyl halides is 5. The van der Waals surface area contributed by atoms with Crippen LogP contribution < -0.4 is 0 Å². The standard InChI is InChI=1S/C10H11F5/c11-9(12,10(13,14)15)8-6-4-2-1-3-5-7-8/h2,4-5,7-8H,1,3,6H2. The maximum absolute atomic E-state index is 12.9. The van der Waals surface area contributed by atoms with Crippen LogP contribution in [0.5, 0.6) is 0 Å². The van der Waals surface area contributed by atoms with Crippen molar-refractivity contribution in [1.82, 2.24) is 0 Å². The Morgan fingerprint density at radius 2 is 1.47 bits per heavy atom. The Labute approximate surface area is 84.5 Å². The molecule has 0 aromatic carbocycles. The van der Waals surface area contributed by atoms with E-state index in [1.54, 1.807) is 6.08 Å². The zero-order valence-corrected chi connectivity index (χ0v) is 7.90. The second-order valence-corrected chi connectivity index (χ2v) is 3.44. The van der Waals surface area contributed by atoms with E-state index in [1.807, 2.05) is 0 Å². The first-order valence-electron chi connectivity index (χ1n) is 4.62. The number of hydrogen-bond donors (Lipinski definition) is 0. The van der Waals surface area contributed by atoms with Gasteiger partial charge in [-0.15, -0.1) is 0 Å². The number of hydrogen-bond acceptors (Lipinski definition) is 0. The Kier molecular flexibility index (Phi) is 3.52. The fourth-order valence-electron chi connectivity index (χ4n) is 1.37. The van der Waals surface area contributed by atoms with Crippen molar-refractivity contribution in [2.75, 3.05) is 0 Å². The quantitative estimate of drug-likeness (QED) is 0.466. The van der Waals surface area contributed by atoms with E-state index in [1.165, 1.54) is 12.2 Å². The first kappa shape index (κ1) is 12.2. The van der Waals surface area contributed by atoms with E-state index in [4.69, 9.17) is 0 Å². The van der Waals surface area contributed by atoms with E-state index in [0.717, 1.165) is 6.08 Å². The zero-order valence-electron chi connectivity index (χ0n) is 7.90. The number of halogens is 5. The van der Waals surface area contributed by atoms with Gasteiger partial charge < -0.3 is 0 Å². The highest BCUT2D eigenvalue weighted by atomic mass is 19.4. The molecule has 0 saturated heterocycles. The van der Waals surface area contributed by atoms with Crippen LogP contribution in [-0.2, 0) is 0 Å². The van der Waals surface area contributed by atoms with Gasteiger partial charge >= 0.3 is 12.1 Å². The fourth-order valence-corrected chi connectivity index (χ4v) is 1.37. The van der Waals surface area contributed by atoms with E-state index >= 15 is 0 Å². The molecule has 1 atom stereocenters. The third-order valence-corrected chi connectivity index (χ3v) is 2.27. The van der Waals surface area contributed by atoms with Crippen LogP contribution in [0, 0.1) is 5.92 Å². The molecule has 1 rings (SSSR count). The smallest absolute Gasteiger partial charge is 0.196 e. The third kappa shape index (κ3) is 2.79. The van der Waals surface area contributed by atoms with Crippen molar-refractivity contribution in [3.8, 4) is 0 Å². The minimum absolute atomic E-state index is 0.275. The summed E-state index contributed by atoms with van der Waals surface area (Å²) in [6.45, 7) is 0. The van der Waals surface area contributed by atoms with Crippen LogP contribution in [0.4, 0.5) is 22.0 Å². The largest absolute Gasteiger partial charge is 0.453 e. The second kappa shape index (κ2) is 4.33. The van der Waals surface area contributed by atoms with Gasteiger partial charge in [0.15, 0.2) is 0 Å². The average molecular weight is 226 g/mol. The van der Waals surface area contributed by atoms with E-state index in [0.29, 0.717) is 12.8 Å². The van der Waals surface area contributed by atoms with Crippen molar-refractivity contribution >= 4 is 0 Å². The summed E-state index contributed by atoms with van der Waals surface area (Å²) in [5.74, 6) is -6.43.